The minimum atomic E-state index is -4.49. The summed E-state index contributed by atoms with van der Waals surface area (Å²) in [4.78, 5) is 28.3. The smallest absolute Gasteiger partial charge is 0.416 e. The Kier molecular flexibility index (Phi) is 2.93. The molecule has 0 unspecified atom stereocenters. The SMILES string of the molecule is O=C1N=C(C(=O)O)C(c2ccc(C(F)(F)F)cc2)=N1. The Labute approximate surface area is 104 Å². The maximum Gasteiger partial charge on any atom is 0.416 e. The average Bonchev–Trinajstić information content (AvgIpc) is 2.70. The molecule has 0 fully saturated rings. The number of aliphatic carboxylic acids is 1. The minimum absolute atomic E-state index is 0.0833. The largest absolute Gasteiger partial charge is 0.476 e. The summed E-state index contributed by atoms with van der Waals surface area (Å²) in [5.74, 6) is -1.47. The number of alkyl halides is 3. The third kappa shape index (κ3) is 2.51. The van der Waals surface area contributed by atoms with Crippen molar-refractivity contribution in [3.63, 3.8) is 0 Å². The third-order valence-corrected chi connectivity index (χ3v) is 2.33. The van der Waals surface area contributed by atoms with Gasteiger partial charge >= 0.3 is 18.2 Å². The van der Waals surface area contributed by atoms with Crippen molar-refractivity contribution in [3.8, 4) is 0 Å². The summed E-state index contributed by atoms with van der Waals surface area (Å²) < 4.78 is 37.1. The first-order valence-electron chi connectivity index (χ1n) is 4.91. The number of halogens is 3. The van der Waals surface area contributed by atoms with E-state index in [2.05, 4.69) is 9.98 Å². The van der Waals surface area contributed by atoms with E-state index in [1.165, 1.54) is 0 Å². The number of amides is 2. The predicted octanol–water partition coefficient (Wildman–Crippen LogP) is 2.15. The molecule has 5 nitrogen and oxygen atoms in total. The molecular formula is C11H5F3N2O3. The molecule has 0 atom stereocenters. The number of carboxylic acid groups (broad SMARTS) is 1. The summed E-state index contributed by atoms with van der Waals surface area (Å²) in [7, 11) is 0. The van der Waals surface area contributed by atoms with Gasteiger partial charge in [0.05, 0.1) is 5.56 Å². The first kappa shape index (κ1) is 12.9. The molecule has 1 aliphatic rings. The van der Waals surface area contributed by atoms with Crippen molar-refractivity contribution in [2.75, 3.05) is 0 Å². The van der Waals surface area contributed by atoms with E-state index in [1.807, 2.05) is 0 Å². The van der Waals surface area contributed by atoms with E-state index >= 15 is 0 Å². The van der Waals surface area contributed by atoms with Crippen LogP contribution in [0.2, 0.25) is 0 Å². The highest BCUT2D eigenvalue weighted by atomic mass is 19.4. The number of carboxylic acids is 1. The zero-order valence-corrected chi connectivity index (χ0v) is 9.10. The number of hydrogen-bond donors (Lipinski definition) is 1. The molecule has 0 aliphatic carbocycles. The fraction of sp³-hybridized carbons (Fsp3) is 0.0909. The maximum atomic E-state index is 12.4. The van der Waals surface area contributed by atoms with Gasteiger partial charge in [0.2, 0.25) is 0 Å². The molecule has 0 bridgehead atoms. The molecule has 0 aromatic heterocycles. The lowest BCUT2D eigenvalue weighted by Gasteiger charge is -2.07. The van der Waals surface area contributed by atoms with Crippen LogP contribution in [0.15, 0.2) is 34.3 Å². The third-order valence-electron chi connectivity index (χ3n) is 2.33. The van der Waals surface area contributed by atoms with Crippen molar-refractivity contribution in [2.24, 2.45) is 9.98 Å². The first-order valence-corrected chi connectivity index (χ1v) is 4.91. The van der Waals surface area contributed by atoms with Crippen LogP contribution >= 0.6 is 0 Å². The van der Waals surface area contributed by atoms with Crippen LogP contribution in [0, 0.1) is 0 Å². The monoisotopic (exact) mass is 270 g/mol. The number of benzene rings is 1. The van der Waals surface area contributed by atoms with E-state index in [-0.39, 0.29) is 11.3 Å². The van der Waals surface area contributed by atoms with E-state index < -0.39 is 29.5 Å². The van der Waals surface area contributed by atoms with E-state index in [9.17, 15) is 22.8 Å². The lowest BCUT2D eigenvalue weighted by molar-refractivity contribution is -0.137. The zero-order chi connectivity index (χ0) is 14.2. The minimum Gasteiger partial charge on any atom is -0.476 e. The van der Waals surface area contributed by atoms with E-state index in [4.69, 9.17) is 5.11 Å². The van der Waals surface area contributed by atoms with Crippen LogP contribution in [0.25, 0.3) is 0 Å². The normalized spacial score (nSPS) is 15.2. The van der Waals surface area contributed by atoms with Gasteiger partial charge in [-0.1, -0.05) is 12.1 Å². The molecule has 98 valence electrons. The summed E-state index contributed by atoms with van der Waals surface area (Å²) in [5.41, 5.74) is -1.62. The van der Waals surface area contributed by atoms with Crippen LogP contribution in [0.4, 0.5) is 18.0 Å². The Hall–Kier alpha value is -2.51. The average molecular weight is 270 g/mol. The standard InChI is InChI=1S/C11H5F3N2O3/c12-11(13,14)6-3-1-5(2-4-6)7-8(9(17)18)16-10(19)15-7/h1-4H,(H,17,18). The van der Waals surface area contributed by atoms with Gasteiger partial charge in [-0.05, 0) is 12.1 Å². The molecule has 8 heteroatoms. The number of nitrogens with zero attached hydrogens (tertiary/aromatic N) is 2. The van der Waals surface area contributed by atoms with Gasteiger partial charge in [-0.3, -0.25) is 0 Å². The van der Waals surface area contributed by atoms with Crippen molar-refractivity contribution < 1.29 is 27.9 Å². The van der Waals surface area contributed by atoms with Gasteiger partial charge < -0.3 is 5.11 Å². The maximum absolute atomic E-state index is 12.4. The highest BCUT2D eigenvalue weighted by molar-refractivity contribution is 6.71. The lowest BCUT2D eigenvalue weighted by Crippen LogP contribution is -2.22. The number of carbonyl (C=O) groups is 2. The van der Waals surface area contributed by atoms with Gasteiger partial charge in [0.15, 0.2) is 5.71 Å². The molecule has 1 N–H and O–H groups in total. The van der Waals surface area contributed by atoms with Crippen molar-refractivity contribution in [1.29, 1.82) is 0 Å². The summed E-state index contributed by atoms with van der Waals surface area (Å²) >= 11 is 0. The van der Waals surface area contributed by atoms with Crippen molar-refractivity contribution in [2.45, 2.75) is 6.18 Å². The van der Waals surface area contributed by atoms with Crippen LogP contribution in [-0.2, 0) is 11.0 Å². The van der Waals surface area contributed by atoms with E-state index in [0.717, 1.165) is 24.3 Å². The van der Waals surface area contributed by atoms with Crippen LogP contribution < -0.4 is 0 Å². The zero-order valence-electron chi connectivity index (χ0n) is 9.10. The van der Waals surface area contributed by atoms with E-state index in [1.54, 1.807) is 0 Å². The fourth-order valence-electron chi connectivity index (χ4n) is 1.49. The van der Waals surface area contributed by atoms with Crippen LogP contribution in [0.1, 0.15) is 11.1 Å². The molecule has 1 aromatic rings. The topological polar surface area (TPSA) is 79.1 Å². The van der Waals surface area contributed by atoms with Gasteiger partial charge in [0, 0.05) is 5.56 Å². The highest BCUT2D eigenvalue weighted by Crippen LogP contribution is 2.29. The van der Waals surface area contributed by atoms with Crippen LogP contribution in [-0.4, -0.2) is 28.5 Å². The van der Waals surface area contributed by atoms with Crippen LogP contribution in [0.3, 0.4) is 0 Å². The number of carbonyl (C=O) groups excluding carboxylic acids is 1. The molecule has 2 amide bonds. The quantitative estimate of drug-likeness (QED) is 0.894. The molecule has 1 aliphatic heterocycles. The second-order valence-electron chi connectivity index (χ2n) is 3.58. The number of aliphatic imine (C=N–C) groups is 2. The predicted molar refractivity (Wildman–Crippen MR) is 58.4 cm³/mol. The second-order valence-corrected chi connectivity index (χ2v) is 3.58. The number of urea groups is 1. The molecule has 0 saturated heterocycles. The summed E-state index contributed by atoms with van der Waals surface area (Å²) in [6, 6.07) is 2.64. The van der Waals surface area contributed by atoms with Gasteiger partial charge in [-0.15, -0.1) is 0 Å². The van der Waals surface area contributed by atoms with Gasteiger partial charge in [-0.25, -0.2) is 9.59 Å². The first-order chi connectivity index (χ1) is 8.79. The molecular weight excluding hydrogens is 265 g/mol. The Morgan fingerprint density at radius 2 is 1.68 bits per heavy atom. The molecule has 19 heavy (non-hydrogen) atoms. The van der Waals surface area contributed by atoms with Crippen molar-refractivity contribution >= 4 is 23.4 Å². The van der Waals surface area contributed by atoms with Gasteiger partial charge in [0.25, 0.3) is 0 Å². The van der Waals surface area contributed by atoms with Gasteiger partial charge in [-0.2, -0.15) is 23.2 Å². The molecule has 1 aromatic carbocycles. The lowest BCUT2D eigenvalue weighted by atomic mass is 10.0. The van der Waals surface area contributed by atoms with Crippen molar-refractivity contribution in [1.82, 2.24) is 0 Å². The van der Waals surface area contributed by atoms with Gasteiger partial charge in [0.1, 0.15) is 5.71 Å². The summed E-state index contributed by atoms with van der Waals surface area (Å²) in [6.45, 7) is 0. The molecule has 2 rings (SSSR count). The summed E-state index contributed by atoms with van der Waals surface area (Å²) in [6.07, 6.45) is -4.49. The number of rotatable bonds is 2. The highest BCUT2D eigenvalue weighted by Gasteiger charge is 2.31. The van der Waals surface area contributed by atoms with Crippen LogP contribution in [0.5, 0.6) is 0 Å². The Bertz CT molecular complexity index is 615. The molecule has 0 radical (unpaired) electrons. The molecule has 1 heterocycles. The fourth-order valence-corrected chi connectivity index (χ4v) is 1.49. The molecule has 0 saturated carbocycles. The Morgan fingerprint density at radius 3 is 2.16 bits per heavy atom. The number of hydrogen-bond acceptors (Lipinski definition) is 2. The second kappa shape index (κ2) is 4.30. The Balaban J connectivity index is 2.39. The summed E-state index contributed by atoms with van der Waals surface area (Å²) in [5, 5.41) is 8.80. The van der Waals surface area contributed by atoms with E-state index in [0.29, 0.717) is 0 Å². The Morgan fingerprint density at radius 1 is 1.11 bits per heavy atom. The molecule has 0 spiro atoms. The van der Waals surface area contributed by atoms with Crippen molar-refractivity contribution in [3.05, 3.63) is 35.4 Å².